The molecule has 1 N–H and O–H groups in total. The molecule has 5 heteroatoms. The molecule has 0 aromatic heterocycles. The predicted molar refractivity (Wildman–Crippen MR) is 85.8 cm³/mol. The van der Waals surface area contributed by atoms with Gasteiger partial charge in [-0.2, -0.15) is 4.31 Å². The van der Waals surface area contributed by atoms with Gasteiger partial charge in [-0.1, -0.05) is 26.0 Å². The van der Waals surface area contributed by atoms with Crippen LogP contribution in [0.25, 0.3) is 0 Å². The van der Waals surface area contributed by atoms with Gasteiger partial charge in [0.25, 0.3) is 0 Å². The second kappa shape index (κ2) is 7.38. The van der Waals surface area contributed by atoms with E-state index in [-0.39, 0.29) is 0 Å². The first-order chi connectivity index (χ1) is 10.1. The van der Waals surface area contributed by atoms with Gasteiger partial charge in [-0.05, 0) is 56.0 Å². The van der Waals surface area contributed by atoms with Gasteiger partial charge in [0.1, 0.15) is 0 Å². The van der Waals surface area contributed by atoms with Gasteiger partial charge in [-0.25, -0.2) is 8.42 Å². The molecule has 1 fully saturated rings. The molecular weight excluding hydrogens is 284 g/mol. The molecule has 0 aliphatic carbocycles. The van der Waals surface area contributed by atoms with E-state index < -0.39 is 10.0 Å². The number of benzene rings is 1. The van der Waals surface area contributed by atoms with Gasteiger partial charge in [0.15, 0.2) is 0 Å². The molecule has 1 heterocycles. The van der Waals surface area contributed by atoms with Crippen molar-refractivity contribution >= 4 is 10.0 Å². The quantitative estimate of drug-likeness (QED) is 0.877. The Kier molecular flexibility index (Phi) is 5.79. The molecule has 0 bridgehead atoms. The van der Waals surface area contributed by atoms with Crippen LogP contribution in [0.5, 0.6) is 0 Å². The summed E-state index contributed by atoms with van der Waals surface area (Å²) in [5.74, 6) is 0.719. The van der Waals surface area contributed by atoms with Crippen LogP contribution in [-0.2, 0) is 16.4 Å². The fourth-order valence-corrected chi connectivity index (χ4v) is 4.39. The molecule has 0 saturated carbocycles. The molecule has 1 saturated heterocycles. The van der Waals surface area contributed by atoms with Crippen LogP contribution in [-0.4, -0.2) is 38.9 Å². The van der Waals surface area contributed by atoms with E-state index in [9.17, 15) is 8.42 Å². The van der Waals surface area contributed by atoms with Gasteiger partial charge >= 0.3 is 0 Å². The number of rotatable bonds is 6. The minimum absolute atomic E-state index is 0.403. The summed E-state index contributed by atoms with van der Waals surface area (Å²) in [5, 5.41) is 3.37. The highest BCUT2D eigenvalue weighted by Gasteiger charge is 2.21. The SMILES string of the molecule is CCN(CC)S(=O)(=O)c1ccc(CC2CCNCC2)cc1. The number of nitrogens with zero attached hydrogens (tertiary/aromatic N) is 1. The lowest BCUT2D eigenvalue weighted by molar-refractivity contribution is 0.372. The molecule has 1 aromatic rings. The lowest BCUT2D eigenvalue weighted by Gasteiger charge is -2.23. The Hall–Kier alpha value is -0.910. The van der Waals surface area contributed by atoms with Crippen LogP contribution in [0, 0.1) is 5.92 Å². The molecule has 1 aliphatic heterocycles. The van der Waals surface area contributed by atoms with Crippen LogP contribution in [0.1, 0.15) is 32.3 Å². The number of sulfonamides is 1. The maximum atomic E-state index is 12.4. The summed E-state index contributed by atoms with van der Waals surface area (Å²) in [4.78, 5) is 0.403. The van der Waals surface area contributed by atoms with E-state index in [0.29, 0.717) is 18.0 Å². The van der Waals surface area contributed by atoms with E-state index >= 15 is 0 Å². The zero-order valence-electron chi connectivity index (χ0n) is 13.0. The third-order valence-electron chi connectivity index (χ3n) is 4.25. The molecule has 0 amide bonds. The molecule has 0 radical (unpaired) electrons. The molecule has 0 unspecified atom stereocenters. The Labute approximate surface area is 128 Å². The molecule has 2 rings (SSSR count). The Balaban J connectivity index is 2.07. The van der Waals surface area contributed by atoms with Crippen molar-refractivity contribution in [2.75, 3.05) is 26.2 Å². The highest BCUT2D eigenvalue weighted by Crippen LogP contribution is 2.21. The van der Waals surface area contributed by atoms with Gasteiger partial charge in [0, 0.05) is 13.1 Å². The van der Waals surface area contributed by atoms with Gasteiger partial charge in [0.05, 0.1) is 4.90 Å². The van der Waals surface area contributed by atoms with Crippen LogP contribution in [0.4, 0.5) is 0 Å². The standard InChI is InChI=1S/C16H26N2O2S/c1-3-18(4-2)21(19,20)16-7-5-14(6-8-16)13-15-9-11-17-12-10-15/h5-8,15,17H,3-4,9-13H2,1-2H3. The van der Waals surface area contributed by atoms with Crippen molar-refractivity contribution < 1.29 is 8.42 Å². The van der Waals surface area contributed by atoms with E-state index in [2.05, 4.69) is 5.32 Å². The average molecular weight is 310 g/mol. The van der Waals surface area contributed by atoms with Gasteiger partial charge < -0.3 is 5.32 Å². The first-order valence-corrected chi connectivity index (χ1v) is 9.31. The first kappa shape index (κ1) is 16.5. The lowest BCUT2D eigenvalue weighted by atomic mass is 9.91. The normalized spacial score (nSPS) is 17.3. The highest BCUT2D eigenvalue weighted by molar-refractivity contribution is 7.89. The molecule has 1 aliphatic rings. The second-order valence-electron chi connectivity index (χ2n) is 5.63. The third-order valence-corrected chi connectivity index (χ3v) is 6.31. The zero-order chi connectivity index (χ0) is 15.3. The molecule has 0 spiro atoms. The Morgan fingerprint density at radius 2 is 1.67 bits per heavy atom. The van der Waals surface area contributed by atoms with Gasteiger partial charge in [-0.3, -0.25) is 0 Å². The van der Waals surface area contributed by atoms with Crippen molar-refractivity contribution in [3.63, 3.8) is 0 Å². The summed E-state index contributed by atoms with van der Waals surface area (Å²) in [6, 6.07) is 7.45. The van der Waals surface area contributed by atoms with Crippen molar-refractivity contribution in [2.45, 2.75) is 38.0 Å². The number of hydrogen-bond acceptors (Lipinski definition) is 3. The topological polar surface area (TPSA) is 49.4 Å². The summed E-state index contributed by atoms with van der Waals surface area (Å²) in [5.41, 5.74) is 1.24. The van der Waals surface area contributed by atoms with Crippen LogP contribution in [0.2, 0.25) is 0 Å². The fraction of sp³-hybridized carbons (Fsp3) is 0.625. The largest absolute Gasteiger partial charge is 0.317 e. The van der Waals surface area contributed by atoms with Gasteiger partial charge in [-0.15, -0.1) is 0 Å². The monoisotopic (exact) mass is 310 g/mol. The number of hydrogen-bond donors (Lipinski definition) is 1. The fourth-order valence-electron chi connectivity index (χ4n) is 2.93. The summed E-state index contributed by atoms with van der Waals surface area (Å²) < 4.78 is 26.3. The van der Waals surface area contributed by atoms with Crippen molar-refractivity contribution in [1.82, 2.24) is 9.62 Å². The summed E-state index contributed by atoms with van der Waals surface area (Å²) in [6.07, 6.45) is 3.46. The summed E-state index contributed by atoms with van der Waals surface area (Å²) in [6.45, 7) is 6.95. The van der Waals surface area contributed by atoms with Gasteiger partial charge in [0.2, 0.25) is 10.0 Å². The van der Waals surface area contributed by atoms with Crippen LogP contribution < -0.4 is 5.32 Å². The number of piperidine rings is 1. The van der Waals surface area contributed by atoms with E-state index in [0.717, 1.165) is 25.4 Å². The van der Waals surface area contributed by atoms with E-state index in [1.807, 2.05) is 26.0 Å². The molecule has 0 atom stereocenters. The Morgan fingerprint density at radius 1 is 1.10 bits per heavy atom. The van der Waals surface area contributed by atoms with Crippen LogP contribution >= 0.6 is 0 Å². The maximum Gasteiger partial charge on any atom is 0.243 e. The van der Waals surface area contributed by atoms with Crippen molar-refractivity contribution in [2.24, 2.45) is 5.92 Å². The third kappa shape index (κ3) is 4.05. The molecular formula is C16H26N2O2S. The van der Waals surface area contributed by atoms with E-state index in [1.165, 1.54) is 22.7 Å². The summed E-state index contributed by atoms with van der Waals surface area (Å²) >= 11 is 0. The average Bonchev–Trinajstić information content (AvgIpc) is 2.50. The smallest absolute Gasteiger partial charge is 0.243 e. The molecule has 118 valence electrons. The molecule has 21 heavy (non-hydrogen) atoms. The minimum atomic E-state index is -3.33. The van der Waals surface area contributed by atoms with Crippen molar-refractivity contribution in [3.8, 4) is 0 Å². The van der Waals surface area contributed by atoms with Crippen LogP contribution in [0.3, 0.4) is 0 Å². The van der Waals surface area contributed by atoms with E-state index in [1.54, 1.807) is 12.1 Å². The zero-order valence-corrected chi connectivity index (χ0v) is 13.8. The predicted octanol–water partition coefficient (Wildman–Crippen LogP) is 2.26. The summed E-state index contributed by atoms with van der Waals surface area (Å²) in [7, 11) is -3.33. The van der Waals surface area contributed by atoms with Crippen molar-refractivity contribution in [3.05, 3.63) is 29.8 Å². The number of nitrogens with one attached hydrogen (secondary N) is 1. The maximum absolute atomic E-state index is 12.4. The minimum Gasteiger partial charge on any atom is -0.317 e. The van der Waals surface area contributed by atoms with Crippen LogP contribution in [0.15, 0.2) is 29.2 Å². The Morgan fingerprint density at radius 3 is 2.19 bits per heavy atom. The first-order valence-electron chi connectivity index (χ1n) is 7.87. The molecule has 4 nitrogen and oxygen atoms in total. The van der Waals surface area contributed by atoms with Crippen molar-refractivity contribution in [1.29, 1.82) is 0 Å². The Bertz CT molecular complexity index is 530. The second-order valence-corrected chi connectivity index (χ2v) is 7.57. The molecule has 1 aromatic carbocycles. The highest BCUT2D eigenvalue weighted by atomic mass is 32.2. The van der Waals surface area contributed by atoms with E-state index in [4.69, 9.17) is 0 Å². The lowest BCUT2D eigenvalue weighted by Crippen LogP contribution is -2.30.